The van der Waals surface area contributed by atoms with E-state index in [0.29, 0.717) is 12.1 Å². The van der Waals surface area contributed by atoms with Crippen LogP contribution in [0.2, 0.25) is 0 Å². The smallest absolute Gasteiger partial charge is 0.203 e. The van der Waals surface area contributed by atoms with Crippen molar-refractivity contribution in [3.05, 3.63) is 47.5 Å². The van der Waals surface area contributed by atoms with Crippen LogP contribution in [-0.4, -0.2) is 9.55 Å². The molecule has 1 N–H and O–H groups in total. The predicted molar refractivity (Wildman–Crippen MR) is 66.4 cm³/mol. The van der Waals surface area contributed by atoms with Crippen LogP contribution < -0.4 is 5.32 Å². The lowest BCUT2D eigenvalue weighted by molar-refractivity contribution is 0.612. The Morgan fingerprint density at radius 1 is 1.35 bits per heavy atom. The van der Waals surface area contributed by atoms with Gasteiger partial charge < -0.3 is 9.88 Å². The molecule has 0 aliphatic carbocycles. The standard InChI is InChI=1S/C13H16FN3/c1-3-17-9-10(2)16-13(17)15-8-11-6-4-5-7-12(11)14/h4-7,9H,3,8H2,1-2H3,(H,15,16). The average molecular weight is 233 g/mol. The fourth-order valence-corrected chi connectivity index (χ4v) is 1.74. The molecule has 17 heavy (non-hydrogen) atoms. The number of hydrogen-bond donors (Lipinski definition) is 1. The summed E-state index contributed by atoms with van der Waals surface area (Å²) in [4.78, 5) is 4.36. The van der Waals surface area contributed by atoms with Crippen LogP contribution in [0.25, 0.3) is 0 Å². The van der Waals surface area contributed by atoms with E-state index in [0.717, 1.165) is 18.2 Å². The molecule has 2 aromatic rings. The maximum absolute atomic E-state index is 13.4. The number of hydrogen-bond acceptors (Lipinski definition) is 2. The Kier molecular flexibility index (Phi) is 3.42. The summed E-state index contributed by atoms with van der Waals surface area (Å²) in [5.41, 5.74) is 1.61. The van der Waals surface area contributed by atoms with Gasteiger partial charge in [0.2, 0.25) is 5.95 Å². The molecule has 0 fully saturated rings. The molecule has 90 valence electrons. The third-order valence-corrected chi connectivity index (χ3v) is 2.63. The molecular formula is C13H16FN3. The number of anilines is 1. The maximum atomic E-state index is 13.4. The Hall–Kier alpha value is -1.84. The molecular weight excluding hydrogens is 217 g/mol. The molecule has 0 amide bonds. The van der Waals surface area contributed by atoms with Crippen LogP contribution >= 0.6 is 0 Å². The Balaban J connectivity index is 2.09. The fourth-order valence-electron chi connectivity index (χ4n) is 1.74. The topological polar surface area (TPSA) is 29.9 Å². The van der Waals surface area contributed by atoms with Gasteiger partial charge in [0.15, 0.2) is 0 Å². The third-order valence-electron chi connectivity index (χ3n) is 2.63. The molecule has 4 heteroatoms. The van der Waals surface area contributed by atoms with Crippen LogP contribution in [0.4, 0.5) is 10.3 Å². The number of aromatic nitrogens is 2. The number of aryl methyl sites for hydroxylation is 2. The van der Waals surface area contributed by atoms with Gasteiger partial charge in [0, 0.05) is 24.8 Å². The number of benzene rings is 1. The van der Waals surface area contributed by atoms with Gasteiger partial charge in [0.1, 0.15) is 5.82 Å². The summed E-state index contributed by atoms with van der Waals surface area (Å²) in [5, 5.41) is 3.15. The van der Waals surface area contributed by atoms with Crippen molar-refractivity contribution in [2.24, 2.45) is 0 Å². The lowest BCUT2D eigenvalue weighted by Crippen LogP contribution is -2.07. The molecule has 0 aliphatic heterocycles. The van der Waals surface area contributed by atoms with Gasteiger partial charge in [-0.25, -0.2) is 9.37 Å². The largest absolute Gasteiger partial charge is 0.351 e. The molecule has 0 saturated carbocycles. The average Bonchev–Trinajstić information content (AvgIpc) is 2.69. The van der Waals surface area contributed by atoms with Gasteiger partial charge >= 0.3 is 0 Å². The van der Waals surface area contributed by atoms with Gasteiger partial charge in [-0.1, -0.05) is 18.2 Å². The predicted octanol–water partition coefficient (Wildman–Crippen LogP) is 2.96. The van der Waals surface area contributed by atoms with E-state index in [2.05, 4.69) is 17.2 Å². The number of halogens is 1. The number of nitrogens with one attached hydrogen (secondary N) is 1. The normalized spacial score (nSPS) is 10.5. The van der Waals surface area contributed by atoms with Crippen molar-refractivity contribution in [3.8, 4) is 0 Å². The maximum Gasteiger partial charge on any atom is 0.203 e. The molecule has 2 rings (SSSR count). The molecule has 0 saturated heterocycles. The fraction of sp³-hybridized carbons (Fsp3) is 0.308. The summed E-state index contributed by atoms with van der Waals surface area (Å²) < 4.78 is 15.4. The zero-order valence-electron chi connectivity index (χ0n) is 10.1. The van der Waals surface area contributed by atoms with Crippen LogP contribution in [0.1, 0.15) is 18.2 Å². The summed E-state index contributed by atoms with van der Waals surface area (Å²) in [7, 11) is 0. The number of imidazole rings is 1. The molecule has 0 radical (unpaired) electrons. The Morgan fingerprint density at radius 2 is 2.12 bits per heavy atom. The lowest BCUT2D eigenvalue weighted by atomic mass is 10.2. The van der Waals surface area contributed by atoms with Crippen LogP contribution in [0.3, 0.4) is 0 Å². The summed E-state index contributed by atoms with van der Waals surface area (Å²) in [6.45, 7) is 5.29. The second-order valence-corrected chi connectivity index (χ2v) is 3.94. The SMILES string of the molecule is CCn1cc(C)nc1NCc1ccccc1F. The first-order chi connectivity index (χ1) is 8.20. The lowest BCUT2D eigenvalue weighted by Gasteiger charge is -2.08. The highest BCUT2D eigenvalue weighted by molar-refractivity contribution is 5.31. The van der Waals surface area contributed by atoms with Crippen molar-refractivity contribution in [2.45, 2.75) is 26.9 Å². The van der Waals surface area contributed by atoms with E-state index in [9.17, 15) is 4.39 Å². The molecule has 1 aromatic carbocycles. The van der Waals surface area contributed by atoms with Gasteiger partial charge in [-0.3, -0.25) is 0 Å². The zero-order chi connectivity index (χ0) is 12.3. The first-order valence-electron chi connectivity index (χ1n) is 5.71. The van der Waals surface area contributed by atoms with E-state index in [1.807, 2.05) is 23.8 Å². The van der Waals surface area contributed by atoms with Crippen molar-refractivity contribution in [1.29, 1.82) is 0 Å². The van der Waals surface area contributed by atoms with Gasteiger partial charge in [-0.2, -0.15) is 0 Å². The van der Waals surface area contributed by atoms with Crippen LogP contribution in [-0.2, 0) is 13.1 Å². The van der Waals surface area contributed by atoms with Gasteiger partial charge in [-0.05, 0) is 19.9 Å². The molecule has 0 spiro atoms. The number of rotatable bonds is 4. The van der Waals surface area contributed by atoms with E-state index < -0.39 is 0 Å². The minimum atomic E-state index is -0.189. The second kappa shape index (κ2) is 4.99. The van der Waals surface area contributed by atoms with E-state index in [1.165, 1.54) is 6.07 Å². The molecule has 1 aromatic heterocycles. The van der Waals surface area contributed by atoms with Crippen LogP contribution in [0.15, 0.2) is 30.5 Å². The molecule has 1 heterocycles. The van der Waals surface area contributed by atoms with E-state index in [-0.39, 0.29) is 5.82 Å². The van der Waals surface area contributed by atoms with Gasteiger partial charge in [-0.15, -0.1) is 0 Å². The van der Waals surface area contributed by atoms with Gasteiger partial charge in [0.25, 0.3) is 0 Å². The summed E-state index contributed by atoms with van der Waals surface area (Å²) in [6, 6.07) is 6.76. The highest BCUT2D eigenvalue weighted by atomic mass is 19.1. The second-order valence-electron chi connectivity index (χ2n) is 3.94. The van der Waals surface area contributed by atoms with Crippen molar-refractivity contribution in [1.82, 2.24) is 9.55 Å². The quantitative estimate of drug-likeness (QED) is 0.879. The number of nitrogens with zero attached hydrogens (tertiary/aromatic N) is 2. The van der Waals surface area contributed by atoms with Crippen molar-refractivity contribution in [3.63, 3.8) is 0 Å². The minimum Gasteiger partial charge on any atom is -0.351 e. The third kappa shape index (κ3) is 2.64. The van der Waals surface area contributed by atoms with Crippen molar-refractivity contribution < 1.29 is 4.39 Å². The molecule has 0 unspecified atom stereocenters. The van der Waals surface area contributed by atoms with Crippen molar-refractivity contribution in [2.75, 3.05) is 5.32 Å². The van der Waals surface area contributed by atoms with Crippen LogP contribution in [0, 0.1) is 12.7 Å². The van der Waals surface area contributed by atoms with Crippen molar-refractivity contribution >= 4 is 5.95 Å². The minimum absolute atomic E-state index is 0.189. The molecule has 0 atom stereocenters. The monoisotopic (exact) mass is 233 g/mol. The summed E-state index contributed by atoms with van der Waals surface area (Å²) >= 11 is 0. The molecule has 0 bridgehead atoms. The van der Waals surface area contributed by atoms with E-state index in [4.69, 9.17) is 0 Å². The Morgan fingerprint density at radius 3 is 2.82 bits per heavy atom. The van der Waals surface area contributed by atoms with Gasteiger partial charge in [0.05, 0.1) is 5.69 Å². The first kappa shape index (κ1) is 11.6. The highest BCUT2D eigenvalue weighted by Crippen LogP contribution is 2.12. The summed E-state index contributed by atoms with van der Waals surface area (Å²) in [6.07, 6.45) is 1.98. The highest BCUT2D eigenvalue weighted by Gasteiger charge is 2.05. The summed E-state index contributed by atoms with van der Waals surface area (Å²) in [5.74, 6) is 0.597. The Bertz CT molecular complexity index is 505. The zero-order valence-corrected chi connectivity index (χ0v) is 10.1. The molecule has 3 nitrogen and oxygen atoms in total. The Labute approximate surface area is 100 Å². The van der Waals surface area contributed by atoms with E-state index in [1.54, 1.807) is 12.1 Å². The van der Waals surface area contributed by atoms with Crippen LogP contribution in [0.5, 0.6) is 0 Å². The first-order valence-corrected chi connectivity index (χ1v) is 5.71. The molecule has 0 aliphatic rings. The van der Waals surface area contributed by atoms with E-state index >= 15 is 0 Å².